The number of Topliss-reactive ketones (excluding diaryl/α,β-unsaturated/α-hetero) is 1. The largest absolute Gasteiger partial charge is 0.300 e. The molecular weight excluding hydrogens is 436 g/mol. The van der Waals surface area contributed by atoms with Gasteiger partial charge in [-0.3, -0.25) is 0 Å². The van der Waals surface area contributed by atoms with E-state index in [9.17, 15) is 4.79 Å². The number of rotatable bonds is 7. The monoisotopic (exact) mass is 468 g/mol. The van der Waals surface area contributed by atoms with Crippen molar-refractivity contribution in [3.8, 4) is 11.8 Å². The molecule has 36 heavy (non-hydrogen) atoms. The number of allylic oxidation sites excluding steroid dienone is 1. The fourth-order valence-corrected chi connectivity index (χ4v) is 4.50. The van der Waals surface area contributed by atoms with Gasteiger partial charge in [0.25, 0.3) is 0 Å². The van der Waals surface area contributed by atoms with Gasteiger partial charge in [0.2, 0.25) is 0 Å². The summed E-state index contributed by atoms with van der Waals surface area (Å²) >= 11 is 0. The maximum Gasteiger partial charge on any atom is 0.129 e. The molecule has 0 heterocycles. The smallest absolute Gasteiger partial charge is 0.129 e. The number of carbonyl (C=O) groups excluding carboxylic acids is 1. The third kappa shape index (κ3) is 5.91. The third-order valence-corrected chi connectivity index (χ3v) is 6.61. The van der Waals surface area contributed by atoms with Gasteiger partial charge < -0.3 is 4.79 Å². The number of ketones is 1. The van der Waals surface area contributed by atoms with E-state index in [-0.39, 0.29) is 5.78 Å². The van der Waals surface area contributed by atoms with Gasteiger partial charge in [-0.15, -0.1) is 0 Å². The molecule has 0 atom stereocenters. The minimum atomic E-state index is -0.587. The summed E-state index contributed by atoms with van der Waals surface area (Å²) in [4.78, 5) is 12.1. The molecule has 0 bridgehead atoms. The van der Waals surface area contributed by atoms with Crippen molar-refractivity contribution in [1.29, 1.82) is 0 Å². The molecule has 0 aliphatic rings. The fourth-order valence-electron chi connectivity index (χ4n) is 4.50. The van der Waals surface area contributed by atoms with Crippen LogP contribution >= 0.6 is 0 Å². The second-order valence-electron chi connectivity index (χ2n) is 9.40. The van der Waals surface area contributed by atoms with E-state index < -0.39 is 5.41 Å². The predicted molar refractivity (Wildman–Crippen MR) is 151 cm³/mol. The molecule has 0 saturated heterocycles. The van der Waals surface area contributed by atoms with Crippen molar-refractivity contribution in [2.45, 2.75) is 39.0 Å². The molecule has 178 valence electrons. The molecule has 0 spiro atoms. The van der Waals surface area contributed by atoms with Gasteiger partial charge in [0.15, 0.2) is 0 Å². The summed E-state index contributed by atoms with van der Waals surface area (Å²) in [5, 5.41) is 0. The standard InChI is InChI=1S/C35H32O/c1-27-16-20-30(21-17-27)34(31-22-18-28(2)19-23-31)15-10-25-35(26-24-29(3)36,32-11-6-4-7-12-32)33-13-8-5-9-14-33/h4-9,11-23H,24,26H2,1-3H3. The Bertz CT molecular complexity index is 1290. The van der Waals surface area contributed by atoms with E-state index in [1.165, 1.54) is 11.1 Å². The van der Waals surface area contributed by atoms with Crippen LogP contribution in [0.15, 0.2) is 115 Å². The van der Waals surface area contributed by atoms with Crippen molar-refractivity contribution in [3.05, 3.63) is 149 Å². The summed E-state index contributed by atoms with van der Waals surface area (Å²) in [7, 11) is 0. The summed E-state index contributed by atoms with van der Waals surface area (Å²) in [6.07, 6.45) is 3.12. The number of aryl methyl sites for hydroxylation is 2. The number of carbonyl (C=O) groups is 1. The minimum absolute atomic E-state index is 0.170. The Hall–Kier alpha value is -4.15. The highest BCUT2D eigenvalue weighted by atomic mass is 16.1. The number of benzene rings is 4. The summed E-state index contributed by atoms with van der Waals surface area (Å²) in [5.41, 5.74) is 7.42. The molecule has 0 fully saturated rings. The zero-order chi connectivity index (χ0) is 25.4. The molecule has 1 nitrogen and oxygen atoms in total. The minimum Gasteiger partial charge on any atom is -0.300 e. The molecule has 0 aromatic heterocycles. The Morgan fingerprint density at radius 3 is 1.56 bits per heavy atom. The van der Waals surface area contributed by atoms with Crippen LogP contribution < -0.4 is 0 Å². The first kappa shape index (κ1) is 25.0. The molecule has 4 rings (SSSR count). The van der Waals surface area contributed by atoms with E-state index in [0.29, 0.717) is 12.8 Å². The van der Waals surface area contributed by atoms with Crippen LogP contribution in [0, 0.1) is 25.7 Å². The highest BCUT2D eigenvalue weighted by Gasteiger charge is 2.32. The molecule has 0 amide bonds. The molecular formula is C35H32O. The van der Waals surface area contributed by atoms with Gasteiger partial charge in [0, 0.05) is 6.42 Å². The van der Waals surface area contributed by atoms with Crippen LogP contribution in [0.5, 0.6) is 0 Å². The normalized spacial score (nSPS) is 10.8. The molecule has 0 aliphatic carbocycles. The lowest BCUT2D eigenvalue weighted by Crippen LogP contribution is -2.27. The van der Waals surface area contributed by atoms with Crippen LogP contribution in [0.25, 0.3) is 5.57 Å². The SMILES string of the molecule is CC(=O)CCC(C#CC=C(c1ccc(C)cc1)c1ccc(C)cc1)(c1ccccc1)c1ccccc1. The first-order valence-corrected chi connectivity index (χ1v) is 12.5. The molecule has 0 unspecified atom stereocenters. The van der Waals surface area contributed by atoms with Crippen LogP contribution in [0.1, 0.15) is 53.1 Å². The second-order valence-corrected chi connectivity index (χ2v) is 9.40. The van der Waals surface area contributed by atoms with Crippen molar-refractivity contribution in [1.82, 2.24) is 0 Å². The lowest BCUT2D eigenvalue weighted by atomic mass is 9.71. The maximum atomic E-state index is 12.1. The molecule has 4 aromatic carbocycles. The maximum absolute atomic E-state index is 12.1. The lowest BCUT2D eigenvalue weighted by Gasteiger charge is -2.30. The molecule has 4 aromatic rings. The first-order valence-electron chi connectivity index (χ1n) is 12.5. The molecule has 0 saturated carbocycles. The quantitative estimate of drug-likeness (QED) is 0.250. The van der Waals surface area contributed by atoms with Crippen molar-refractivity contribution >= 4 is 11.4 Å². The Kier molecular flexibility index (Phi) is 7.99. The summed E-state index contributed by atoms with van der Waals surface area (Å²) < 4.78 is 0. The Morgan fingerprint density at radius 1 is 0.694 bits per heavy atom. The zero-order valence-corrected chi connectivity index (χ0v) is 21.3. The van der Waals surface area contributed by atoms with Crippen molar-refractivity contribution < 1.29 is 4.79 Å². The van der Waals surface area contributed by atoms with Crippen molar-refractivity contribution in [3.63, 3.8) is 0 Å². The van der Waals surface area contributed by atoms with Crippen LogP contribution in [-0.4, -0.2) is 5.78 Å². The molecule has 0 radical (unpaired) electrons. The van der Waals surface area contributed by atoms with Crippen LogP contribution in [0.2, 0.25) is 0 Å². The van der Waals surface area contributed by atoms with Gasteiger partial charge in [-0.05, 0) is 61.1 Å². The van der Waals surface area contributed by atoms with Gasteiger partial charge in [-0.2, -0.15) is 0 Å². The van der Waals surface area contributed by atoms with Gasteiger partial charge in [0.1, 0.15) is 5.78 Å². The Morgan fingerprint density at radius 2 is 1.14 bits per heavy atom. The predicted octanol–water partition coefficient (Wildman–Crippen LogP) is 8.09. The highest BCUT2D eigenvalue weighted by Crippen LogP contribution is 2.36. The van der Waals surface area contributed by atoms with E-state index >= 15 is 0 Å². The second kappa shape index (κ2) is 11.5. The molecule has 0 aliphatic heterocycles. The molecule has 0 N–H and O–H groups in total. The van der Waals surface area contributed by atoms with E-state index in [0.717, 1.165) is 27.8 Å². The van der Waals surface area contributed by atoms with Gasteiger partial charge >= 0.3 is 0 Å². The molecule has 1 heteroatoms. The van der Waals surface area contributed by atoms with Crippen molar-refractivity contribution in [2.24, 2.45) is 0 Å². The average Bonchev–Trinajstić information content (AvgIpc) is 2.91. The Balaban J connectivity index is 1.89. The van der Waals surface area contributed by atoms with E-state index in [1.807, 2.05) is 42.5 Å². The zero-order valence-electron chi connectivity index (χ0n) is 21.3. The van der Waals surface area contributed by atoms with Crippen LogP contribution in [-0.2, 0) is 10.2 Å². The topological polar surface area (TPSA) is 17.1 Å². The van der Waals surface area contributed by atoms with E-state index in [1.54, 1.807) is 6.92 Å². The van der Waals surface area contributed by atoms with Gasteiger partial charge in [0.05, 0.1) is 5.41 Å². The third-order valence-electron chi connectivity index (χ3n) is 6.61. The van der Waals surface area contributed by atoms with Crippen LogP contribution in [0.3, 0.4) is 0 Å². The van der Waals surface area contributed by atoms with Crippen molar-refractivity contribution in [2.75, 3.05) is 0 Å². The van der Waals surface area contributed by atoms with Gasteiger partial charge in [-0.1, -0.05) is 132 Å². The number of hydrogen-bond acceptors (Lipinski definition) is 1. The van der Waals surface area contributed by atoms with E-state index in [4.69, 9.17) is 0 Å². The highest BCUT2D eigenvalue weighted by molar-refractivity contribution is 5.82. The van der Waals surface area contributed by atoms with E-state index in [2.05, 4.69) is 98.5 Å². The van der Waals surface area contributed by atoms with Crippen LogP contribution in [0.4, 0.5) is 0 Å². The summed E-state index contributed by atoms with van der Waals surface area (Å²) in [5.74, 6) is 7.26. The Labute approximate surface area is 215 Å². The fraction of sp³-hybridized carbons (Fsp3) is 0.171. The lowest BCUT2D eigenvalue weighted by molar-refractivity contribution is -0.117. The summed E-state index contributed by atoms with van der Waals surface area (Å²) in [6, 6.07) is 37.8. The number of hydrogen-bond donors (Lipinski definition) is 0. The average molecular weight is 469 g/mol. The first-order chi connectivity index (χ1) is 17.5. The summed E-state index contributed by atoms with van der Waals surface area (Å²) in [6.45, 7) is 5.85. The van der Waals surface area contributed by atoms with Gasteiger partial charge in [-0.25, -0.2) is 0 Å².